The van der Waals surface area contributed by atoms with Gasteiger partial charge in [0.05, 0.1) is 19.0 Å². The number of nitrogens with two attached hydrogens (primary N) is 1. The van der Waals surface area contributed by atoms with E-state index in [4.69, 9.17) is 0 Å². The Morgan fingerprint density at radius 1 is 1.03 bits per heavy atom. The Morgan fingerprint density at radius 3 is 2.42 bits per heavy atom. The van der Waals surface area contributed by atoms with Crippen LogP contribution in [0.25, 0.3) is 16.8 Å². The maximum atomic E-state index is 12.1. The Balaban J connectivity index is 2.10. The first-order chi connectivity index (χ1) is 15.9. The zero-order chi connectivity index (χ0) is 24.2. The lowest BCUT2D eigenvalue weighted by Crippen LogP contribution is -2.72. The topological polar surface area (TPSA) is 57.2 Å². The summed E-state index contributed by atoms with van der Waals surface area (Å²) in [5, 5.41) is 4.42. The van der Waals surface area contributed by atoms with Crippen molar-refractivity contribution in [1.82, 2.24) is 4.90 Å². The predicted octanol–water partition coefficient (Wildman–Crippen LogP) is 4.07. The van der Waals surface area contributed by atoms with E-state index in [9.17, 15) is 9.59 Å². The molecule has 33 heavy (non-hydrogen) atoms. The van der Waals surface area contributed by atoms with Gasteiger partial charge in [-0.2, -0.15) is 0 Å². The lowest BCUT2D eigenvalue weighted by molar-refractivity contribution is -0.556. The number of hydrogen-bond acceptors (Lipinski definition) is 4. The molecule has 0 spiro atoms. The van der Waals surface area contributed by atoms with Crippen LogP contribution in [0, 0.1) is 0 Å². The van der Waals surface area contributed by atoms with Crippen molar-refractivity contribution in [2.75, 3.05) is 44.9 Å². The fourth-order valence-electron chi connectivity index (χ4n) is 3.49. The number of benzene rings is 2. The Hall–Kier alpha value is -2.83. The second kappa shape index (κ2) is 13.7. The summed E-state index contributed by atoms with van der Waals surface area (Å²) in [6.45, 7) is 5.02. The van der Waals surface area contributed by atoms with Crippen LogP contribution in [0.3, 0.4) is 0 Å². The third kappa shape index (κ3) is 8.22. The van der Waals surface area contributed by atoms with Crippen LogP contribution in [0.4, 0.5) is 5.69 Å². The van der Waals surface area contributed by atoms with Crippen LogP contribution in [-0.4, -0.2) is 55.9 Å². The van der Waals surface area contributed by atoms with Crippen LogP contribution in [0.15, 0.2) is 66.4 Å². The minimum absolute atomic E-state index is 0.00777. The first-order valence-electron chi connectivity index (χ1n) is 11.3. The summed E-state index contributed by atoms with van der Waals surface area (Å²) >= 11 is 1.06. The SMILES string of the molecule is C/C=C(\C=C/[NH2+]C)/C=C/c1ccc(N(C)CCCN(C)C(=O)CSC(C)=O)c2ccccc12. The van der Waals surface area contributed by atoms with E-state index in [1.807, 2.05) is 25.5 Å². The van der Waals surface area contributed by atoms with Gasteiger partial charge in [0.25, 0.3) is 0 Å². The Labute approximate surface area is 202 Å². The third-order valence-corrected chi connectivity index (χ3v) is 6.23. The molecule has 0 aliphatic heterocycles. The van der Waals surface area contributed by atoms with Gasteiger partial charge in [0.1, 0.15) is 0 Å². The standard InChI is InChI=1S/C27H35N3O2S/c1-6-22(16-17-28-3)12-13-23-14-15-26(25-11-8-7-10-24(23)25)29(4)18-9-19-30(5)27(32)20-33-21(2)31/h6-8,10-17,28H,9,18-20H2,1-5H3/p+1/b13-12+,17-16-,22-6-. The van der Waals surface area contributed by atoms with E-state index in [1.54, 1.807) is 11.9 Å². The average molecular weight is 467 g/mol. The normalized spacial score (nSPS) is 12.1. The molecule has 0 heterocycles. The minimum atomic E-state index is -0.0282. The smallest absolute Gasteiger partial charge is 0.232 e. The molecule has 0 atom stereocenters. The van der Waals surface area contributed by atoms with Crippen molar-refractivity contribution in [2.45, 2.75) is 20.3 Å². The van der Waals surface area contributed by atoms with E-state index >= 15 is 0 Å². The molecule has 0 radical (unpaired) electrons. The number of allylic oxidation sites excluding steroid dienone is 4. The molecule has 0 aliphatic carbocycles. The van der Waals surface area contributed by atoms with E-state index in [-0.39, 0.29) is 16.8 Å². The van der Waals surface area contributed by atoms with E-state index in [0.29, 0.717) is 6.54 Å². The minimum Gasteiger partial charge on any atom is -0.374 e. The summed E-state index contributed by atoms with van der Waals surface area (Å²) in [6.07, 6.45) is 11.4. The molecule has 176 valence electrons. The van der Waals surface area contributed by atoms with E-state index in [0.717, 1.165) is 24.7 Å². The first kappa shape index (κ1) is 26.4. The van der Waals surface area contributed by atoms with E-state index in [1.165, 1.54) is 34.5 Å². The molecule has 6 heteroatoms. The molecule has 2 rings (SSSR count). The van der Waals surface area contributed by atoms with Crippen LogP contribution in [0.5, 0.6) is 0 Å². The molecule has 5 nitrogen and oxygen atoms in total. The van der Waals surface area contributed by atoms with Crippen LogP contribution in [0.1, 0.15) is 25.8 Å². The van der Waals surface area contributed by atoms with E-state index < -0.39 is 0 Å². The lowest BCUT2D eigenvalue weighted by Gasteiger charge is -2.24. The number of amides is 1. The average Bonchev–Trinajstić information content (AvgIpc) is 2.82. The van der Waals surface area contributed by atoms with Gasteiger partial charge in [0, 0.05) is 45.2 Å². The largest absolute Gasteiger partial charge is 0.374 e. The maximum absolute atomic E-state index is 12.1. The van der Waals surface area contributed by atoms with Crippen molar-refractivity contribution in [3.8, 4) is 0 Å². The number of rotatable bonds is 11. The van der Waals surface area contributed by atoms with Gasteiger partial charge in [-0.15, -0.1) is 0 Å². The monoisotopic (exact) mass is 466 g/mol. The lowest BCUT2D eigenvalue weighted by atomic mass is 10.0. The molecule has 2 N–H and O–H groups in total. The van der Waals surface area contributed by atoms with Gasteiger partial charge < -0.3 is 15.1 Å². The molecule has 0 aromatic heterocycles. The van der Waals surface area contributed by atoms with Gasteiger partial charge in [0.2, 0.25) is 5.91 Å². The number of carbonyl (C=O) groups is 2. The second-order valence-corrected chi connectivity index (χ2v) is 9.06. The predicted molar refractivity (Wildman–Crippen MR) is 142 cm³/mol. The van der Waals surface area contributed by atoms with Crippen LogP contribution >= 0.6 is 11.8 Å². The van der Waals surface area contributed by atoms with Crippen molar-refractivity contribution < 1.29 is 14.9 Å². The number of nitrogens with zero attached hydrogens (tertiary/aromatic N) is 2. The molecule has 0 saturated carbocycles. The summed E-state index contributed by atoms with van der Waals surface area (Å²) in [6, 6.07) is 12.8. The van der Waals surface area contributed by atoms with Gasteiger partial charge in [-0.25, -0.2) is 0 Å². The van der Waals surface area contributed by atoms with Crippen LogP contribution in [0.2, 0.25) is 0 Å². The van der Waals surface area contributed by atoms with Gasteiger partial charge >= 0.3 is 0 Å². The Kier molecular flexibility index (Phi) is 10.9. The molecule has 1 amide bonds. The maximum Gasteiger partial charge on any atom is 0.232 e. The zero-order valence-corrected chi connectivity index (χ0v) is 21.2. The highest BCUT2D eigenvalue weighted by Crippen LogP contribution is 2.30. The Morgan fingerprint density at radius 2 is 1.76 bits per heavy atom. The van der Waals surface area contributed by atoms with Crippen LogP contribution in [-0.2, 0) is 9.59 Å². The molecule has 2 aromatic rings. The van der Waals surface area contributed by atoms with Crippen molar-refractivity contribution in [3.63, 3.8) is 0 Å². The van der Waals surface area contributed by atoms with Crippen LogP contribution < -0.4 is 10.2 Å². The quantitative estimate of drug-likeness (QED) is 0.507. The molecule has 0 bridgehead atoms. The molecule has 0 saturated heterocycles. The molecule has 0 fully saturated rings. The van der Waals surface area contributed by atoms with Crippen molar-refractivity contribution in [1.29, 1.82) is 0 Å². The number of quaternary nitrogens is 1. The second-order valence-electron chi connectivity index (χ2n) is 7.90. The van der Waals surface area contributed by atoms with Crippen molar-refractivity contribution in [2.24, 2.45) is 0 Å². The number of thioether (sulfide) groups is 1. The number of fused-ring (bicyclic) bond motifs is 1. The highest BCUT2D eigenvalue weighted by molar-refractivity contribution is 8.14. The summed E-state index contributed by atoms with van der Waals surface area (Å²) in [5.74, 6) is 0.203. The van der Waals surface area contributed by atoms with Crippen molar-refractivity contribution in [3.05, 3.63) is 72.0 Å². The third-order valence-electron chi connectivity index (χ3n) is 5.43. The fraction of sp³-hybridized carbons (Fsp3) is 0.333. The molecule has 0 aliphatic rings. The number of hydrogen-bond donors (Lipinski definition) is 1. The summed E-state index contributed by atoms with van der Waals surface area (Å²) in [4.78, 5) is 27.1. The van der Waals surface area contributed by atoms with Gasteiger partial charge in [-0.05, 0) is 42.0 Å². The summed E-state index contributed by atoms with van der Waals surface area (Å²) in [5.41, 5.74) is 3.53. The summed E-state index contributed by atoms with van der Waals surface area (Å²) < 4.78 is 0. The summed E-state index contributed by atoms with van der Waals surface area (Å²) in [7, 11) is 5.90. The first-order valence-corrected chi connectivity index (χ1v) is 12.3. The highest BCUT2D eigenvalue weighted by atomic mass is 32.2. The fourth-order valence-corrected chi connectivity index (χ4v) is 4.04. The molecular weight excluding hydrogens is 430 g/mol. The van der Waals surface area contributed by atoms with Crippen molar-refractivity contribution >= 4 is 45.3 Å². The molecular formula is C27H36N3O2S+. The van der Waals surface area contributed by atoms with Gasteiger partial charge in [0.15, 0.2) is 5.12 Å². The van der Waals surface area contributed by atoms with E-state index in [2.05, 4.69) is 72.6 Å². The molecule has 0 unspecified atom stereocenters. The molecule has 2 aromatic carbocycles. The Bertz CT molecular complexity index is 1040. The van der Waals surface area contributed by atoms with Gasteiger partial charge in [-0.3, -0.25) is 9.59 Å². The van der Waals surface area contributed by atoms with Gasteiger partial charge in [-0.1, -0.05) is 60.3 Å². The highest BCUT2D eigenvalue weighted by Gasteiger charge is 2.12. The number of anilines is 1. The number of carbonyl (C=O) groups excluding carboxylic acids is 2. The zero-order valence-electron chi connectivity index (χ0n) is 20.4.